The Morgan fingerprint density at radius 1 is 0.676 bits per heavy atom. The van der Waals surface area contributed by atoms with Crippen molar-refractivity contribution in [3.05, 3.63) is 148 Å². The van der Waals surface area contributed by atoms with E-state index >= 15 is 0 Å². The van der Waals surface area contributed by atoms with Crippen molar-refractivity contribution in [2.75, 3.05) is 26.3 Å². The van der Waals surface area contributed by atoms with E-state index in [1.165, 1.54) is 30.7 Å². The zero-order valence-corrected chi connectivity index (χ0v) is 43.2. The van der Waals surface area contributed by atoms with Gasteiger partial charge in [-0.2, -0.15) is 10.2 Å². The lowest BCUT2D eigenvalue weighted by Gasteiger charge is -2.38. The van der Waals surface area contributed by atoms with Crippen molar-refractivity contribution in [2.24, 2.45) is 14.1 Å². The predicted molar refractivity (Wildman–Crippen MR) is 284 cm³/mol. The maximum atomic E-state index is 13.5. The first-order chi connectivity index (χ1) is 33.6. The van der Waals surface area contributed by atoms with E-state index in [4.69, 9.17) is 18.8 Å². The van der Waals surface area contributed by atoms with Crippen molar-refractivity contribution in [1.82, 2.24) is 29.4 Å². The van der Waals surface area contributed by atoms with Gasteiger partial charge in [-0.05, 0) is 174 Å². The second-order valence-electron chi connectivity index (χ2n) is 18.9. The van der Waals surface area contributed by atoms with Crippen LogP contribution in [0.3, 0.4) is 0 Å². The van der Waals surface area contributed by atoms with E-state index in [0.29, 0.717) is 55.8 Å². The van der Waals surface area contributed by atoms with Crippen LogP contribution in [0.1, 0.15) is 107 Å². The first kappa shape index (κ1) is 54.7. The van der Waals surface area contributed by atoms with Crippen molar-refractivity contribution in [3.63, 3.8) is 0 Å². The average molecular weight is 1080 g/mol. The molecule has 378 valence electrons. The number of amides is 2. The molecule has 2 aliphatic carbocycles. The number of hydrogen-bond donors (Lipinski definition) is 0. The first-order valence-electron chi connectivity index (χ1n) is 24.1. The van der Waals surface area contributed by atoms with Gasteiger partial charge >= 0.3 is 7.12 Å². The summed E-state index contributed by atoms with van der Waals surface area (Å²) in [5.74, 6) is 0.903. The summed E-state index contributed by atoms with van der Waals surface area (Å²) in [6.45, 7) is 10.5. The van der Waals surface area contributed by atoms with Gasteiger partial charge in [-0.1, -0.05) is 37.8 Å². The fourth-order valence-electron chi connectivity index (χ4n) is 8.17. The summed E-state index contributed by atoms with van der Waals surface area (Å²) in [7, 11) is 3.45. The lowest BCUT2D eigenvalue weighted by atomic mass is 9.82. The quantitative estimate of drug-likeness (QED) is 0.0535. The van der Waals surface area contributed by atoms with Crippen molar-refractivity contribution in [1.29, 1.82) is 0 Å². The van der Waals surface area contributed by atoms with Crippen molar-refractivity contribution >= 4 is 47.0 Å². The molecule has 1 saturated heterocycles. The van der Waals surface area contributed by atoms with Gasteiger partial charge < -0.3 is 28.6 Å². The molecule has 71 heavy (non-hydrogen) atoms. The Morgan fingerprint density at radius 2 is 1.13 bits per heavy atom. The van der Waals surface area contributed by atoms with Gasteiger partial charge in [0.15, 0.2) is 0 Å². The van der Waals surface area contributed by atoms with Gasteiger partial charge in [0.2, 0.25) is 0 Å². The van der Waals surface area contributed by atoms with Gasteiger partial charge in [-0.3, -0.25) is 19.0 Å². The van der Waals surface area contributed by atoms with Gasteiger partial charge in [0.1, 0.15) is 23.1 Å². The molecule has 2 saturated carbocycles. The SMILES string of the molecule is C.Cn1cc(-c2ccccc2C(=O)N(CCCOc2ccc(F)cc2)C2CCC2)cn1.Cn1cc(B2OC(C)(C)C(C)(C)O2)cn1.O=C(c1ccccc1I)N(CCCOc1ccc(F)cc1)C1CCC1. The molecule has 0 spiro atoms. The second kappa shape index (κ2) is 25.2. The average Bonchev–Trinajstić information content (AvgIpc) is 4.01. The number of aryl methyl sites for hydroxylation is 2. The van der Waals surface area contributed by atoms with Gasteiger partial charge in [-0.15, -0.1) is 0 Å². The van der Waals surface area contributed by atoms with Crippen LogP contribution >= 0.6 is 22.6 Å². The molecular weight excluding hydrogens is 1020 g/mol. The first-order valence-corrected chi connectivity index (χ1v) is 25.2. The van der Waals surface area contributed by atoms with Crippen LogP contribution in [0.2, 0.25) is 0 Å². The van der Waals surface area contributed by atoms with E-state index in [1.807, 2.05) is 113 Å². The number of aromatic nitrogens is 4. The smallest absolute Gasteiger partial charge is 0.494 e. The molecule has 0 radical (unpaired) electrons. The molecule has 0 atom stereocenters. The lowest BCUT2D eigenvalue weighted by Crippen LogP contribution is -2.45. The molecule has 6 aromatic rings. The number of halogens is 3. The number of rotatable bonds is 16. The van der Waals surface area contributed by atoms with E-state index in [1.54, 1.807) is 46.0 Å². The molecule has 3 aliphatic rings. The summed E-state index contributed by atoms with van der Waals surface area (Å²) < 4.78 is 53.5. The highest BCUT2D eigenvalue weighted by Crippen LogP contribution is 2.36. The molecule has 9 rings (SSSR count). The van der Waals surface area contributed by atoms with Gasteiger partial charge in [-0.25, -0.2) is 8.78 Å². The van der Waals surface area contributed by atoms with Crippen LogP contribution in [0, 0.1) is 15.2 Å². The van der Waals surface area contributed by atoms with Gasteiger partial charge in [0.25, 0.3) is 11.8 Å². The van der Waals surface area contributed by atoms with Crippen LogP contribution in [0.5, 0.6) is 11.5 Å². The summed E-state index contributed by atoms with van der Waals surface area (Å²) >= 11 is 2.22. The standard InChI is InChI=1S/C24H26FN3O2.C20H21FINO2.C10H17BN2O2.CH4/c1-27-17-18(16-26-27)22-8-2-3-9-23(22)24(29)28(20-6-4-7-20)14-5-15-30-21-12-10-19(25)11-13-21;21-15-9-11-17(12-10-15)25-14-4-13-23(16-5-3-6-16)20(24)18-7-1-2-8-19(18)22;1-9(2)10(3,4)15-11(14-9)8-6-12-13(5)7-8;/h2-3,8-13,16-17,20H,4-7,14-15H2,1H3;1-2,7-12,16H,3-6,13-14H2;6-7H,1-5H3;1H4. The zero-order chi connectivity index (χ0) is 49.8. The Labute approximate surface area is 432 Å². The van der Waals surface area contributed by atoms with Crippen LogP contribution < -0.4 is 14.9 Å². The Kier molecular flexibility index (Phi) is 19.4. The van der Waals surface area contributed by atoms with Crippen LogP contribution in [-0.4, -0.2) is 97.9 Å². The Balaban J connectivity index is 0.000000182. The molecule has 4 aromatic carbocycles. The maximum Gasteiger partial charge on any atom is 0.498 e. The third-order valence-electron chi connectivity index (χ3n) is 13.3. The molecule has 0 N–H and O–H groups in total. The largest absolute Gasteiger partial charge is 0.498 e. The Morgan fingerprint density at radius 3 is 1.56 bits per heavy atom. The van der Waals surface area contributed by atoms with Crippen LogP contribution in [0.25, 0.3) is 11.1 Å². The summed E-state index contributed by atoms with van der Waals surface area (Å²) in [5.41, 5.74) is 3.72. The van der Waals surface area contributed by atoms with E-state index in [-0.39, 0.29) is 55.2 Å². The molecule has 2 aromatic heterocycles. The molecule has 1 aliphatic heterocycles. The molecule has 0 bridgehead atoms. The van der Waals surface area contributed by atoms with Gasteiger partial charge in [0, 0.05) is 78.0 Å². The number of nitrogens with zero attached hydrogens (tertiary/aromatic N) is 6. The highest BCUT2D eigenvalue weighted by Gasteiger charge is 2.52. The number of benzene rings is 4. The van der Waals surface area contributed by atoms with E-state index in [2.05, 4.69) is 32.8 Å². The minimum Gasteiger partial charge on any atom is -0.494 e. The van der Waals surface area contributed by atoms with Crippen LogP contribution in [-0.2, 0) is 23.4 Å². The molecule has 12 nitrogen and oxygen atoms in total. The highest BCUT2D eigenvalue weighted by molar-refractivity contribution is 14.1. The van der Waals surface area contributed by atoms with Crippen molar-refractivity contribution in [3.8, 4) is 22.6 Å². The number of ether oxygens (including phenoxy) is 2. The molecule has 3 fully saturated rings. The summed E-state index contributed by atoms with van der Waals surface area (Å²) in [6.07, 6.45) is 15.5. The van der Waals surface area contributed by atoms with Gasteiger partial charge in [0.05, 0.1) is 36.2 Å². The third-order valence-corrected chi connectivity index (χ3v) is 14.3. The number of carbonyl (C=O) groups excluding carboxylic acids is 2. The molecule has 2 amide bonds. The monoisotopic (exact) mass is 1080 g/mol. The molecular formula is C55H68BF2IN6O6. The minimum atomic E-state index is -0.302. The molecule has 3 heterocycles. The topological polar surface area (TPSA) is 113 Å². The zero-order valence-electron chi connectivity index (χ0n) is 41.0. The summed E-state index contributed by atoms with van der Waals surface area (Å²) in [4.78, 5) is 30.4. The van der Waals surface area contributed by atoms with E-state index in [9.17, 15) is 18.4 Å². The normalized spacial score (nSPS) is 15.6. The second-order valence-corrected chi connectivity index (χ2v) is 20.1. The predicted octanol–water partition coefficient (Wildman–Crippen LogP) is 10.9. The van der Waals surface area contributed by atoms with Crippen molar-refractivity contribution in [2.45, 2.75) is 110 Å². The van der Waals surface area contributed by atoms with E-state index in [0.717, 1.165) is 64.2 Å². The van der Waals surface area contributed by atoms with E-state index < -0.39 is 0 Å². The van der Waals surface area contributed by atoms with Crippen molar-refractivity contribution < 1.29 is 37.2 Å². The molecule has 16 heteroatoms. The fraction of sp³-hybridized carbons (Fsp3) is 0.418. The minimum absolute atomic E-state index is 0. The summed E-state index contributed by atoms with van der Waals surface area (Å²) in [5, 5.41) is 8.36. The summed E-state index contributed by atoms with van der Waals surface area (Å²) in [6, 6.07) is 28.1. The number of hydrogen-bond acceptors (Lipinski definition) is 8. The van der Waals surface area contributed by atoms with Crippen LogP contribution in [0.15, 0.2) is 122 Å². The fourth-order valence-corrected chi connectivity index (χ4v) is 8.79. The highest BCUT2D eigenvalue weighted by atomic mass is 127. The maximum absolute atomic E-state index is 13.5. The number of carbonyl (C=O) groups is 2. The molecule has 0 unspecified atom stereocenters. The Bertz CT molecular complexity index is 2620. The third kappa shape index (κ3) is 14.5. The van der Waals surface area contributed by atoms with Crippen LogP contribution in [0.4, 0.5) is 8.78 Å². The Hall–Kier alpha value is -5.59. The lowest BCUT2D eigenvalue weighted by molar-refractivity contribution is 0.00578.